The maximum Gasteiger partial charge on any atom is 0.276 e. The van der Waals surface area contributed by atoms with E-state index in [0.29, 0.717) is 29.5 Å². The highest BCUT2D eigenvalue weighted by Crippen LogP contribution is 2.16. The summed E-state index contributed by atoms with van der Waals surface area (Å²) in [5.74, 6) is 0.621. The molecule has 0 unspecified atom stereocenters. The van der Waals surface area contributed by atoms with E-state index in [2.05, 4.69) is 9.93 Å². The van der Waals surface area contributed by atoms with Crippen molar-refractivity contribution in [2.24, 2.45) is 5.10 Å². The maximum atomic E-state index is 12.3. The lowest BCUT2D eigenvalue weighted by atomic mass is 10.1. The lowest BCUT2D eigenvalue weighted by molar-refractivity contribution is 0.340. The third-order valence-corrected chi connectivity index (χ3v) is 4.73. The lowest BCUT2D eigenvalue weighted by Gasteiger charge is -2.08. The molecule has 0 atom stereocenters. The molecule has 7 heteroatoms. The highest BCUT2D eigenvalue weighted by atomic mass is 35.5. The van der Waals surface area contributed by atoms with Crippen LogP contribution in [0.4, 0.5) is 0 Å². The summed E-state index contributed by atoms with van der Waals surface area (Å²) in [5.41, 5.74) is 1.44. The van der Waals surface area contributed by atoms with Crippen molar-refractivity contribution in [3.8, 4) is 5.75 Å². The van der Waals surface area contributed by atoms with E-state index in [1.54, 1.807) is 36.4 Å². The Hall–Kier alpha value is -2.05. The molecule has 5 nitrogen and oxygen atoms in total. The summed E-state index contributed by atoms with van der Waals surface area (Å²) >= 11 is 5.86. The van der Waals surface area contributed by atoms with E-state index in [9.17, 15) is 8.42 Å². The van der Waals surface area contributed by atoms with Gasteiger partial charge < -0.3 is 4.74 Å². The van der Waals surface area contributed by atoms with E-state index < -0.39 is 10.0 Å². The quantitative estimate of drug-likeness (QED) is 0.598. The molecule has 0 radical (unpaired) electrons. The van der Waals surface area contributed by atoms with Gasteiger partial charge in [-0.05, 0) is 55.3 Å². The van der Waals surface area contributed by atoms with Crippen molar-refractivity contribution in [3.63, 3.8) is 0 Å². The van der Waals surface area contributed by atoms with Crippen LogP contribution in [0.3, 0.4) is 0 Å². The molecular weight excluding hydrogens is 348 g/mol. The highest BCUT2D eigenvalue weighted by Gasteiger charge is 2.13. The predicted molar refractivity (Wildman–Crippen MR) is 96.2 cm³/mol. The van der Waals surface area contributed by atoms with Crippen LogP contribution in [-0.4, -0.2) is 20.7 Å². The largest absolute Gasteiger partial charge is 0.494 e. The zero-order valence-corrected chi connectivity index (χ0v) is 15.1. The van der Waals surface area contributed by atoms with Gasteiger partial charge in [-0.3, -0.25) is 0 Å². The summed E-state index contributed by atoms with van der Waals surface area (Å²) < 4.78 is 30.0. The molecule has 0 aliphatic rings. The van der Waals surface area contributed by atoms with Crippen LogP contribution in [0.25, 0.3) is 0 Å². The zero-order chi connectivity index (χ0) is 17.6. The molecule has 2 aromatic rings. The molecule has 0 saturated carbocycles. The molecule has 2 aromatic carbocycles. The fraction of sp³-hybridized carbons (Fsp3) is 0.235. The topological polar surface area (TPSA) is 67.8 Å². The second kappa shape index (κ2) is 8.17. The zero-order valence-electron chi connectivity index (χ0n) is 13.5. The van der Waals surface area contributed by atoms with Crippen LogP contribution in [0, 0.1) is 0 Å². The molecule has 2 rings (SSSR count). The number of halogens is 1. The molecule has 0 aliphatic carbocycles. The summed E-state index contributed by atoms with van der Waals surface area (Å²) in [6.07, 6.45) is 0.577. The number of benzene rings is 2. The van der Waals surface area contributed by atoms with Crippen molar-refractivity contribution in [2.75, 3.05) is 6.61 Å². The van der Waals surface area contributed by atoms with Crippen LogP contribution in [0.15, 0.2) is 58.5 Å². The fourth-order valence-corrected chi connectivity index (χ4v) is 3.00. The Bertz CT molecular complexity index is 801. The van der Waals surface area contributed by atoms with E-state index >= 15 is 0 Å². The smallest absolute Gasteiger partial charge is 0.276 e. The molecule has 0 spiro atoms. The number of rotatable bonds is 7. The third-order valence-electron chi connectivity index (χ3n) is 3.26. The number of nitrogens with zero attached hydrogens (tertiary/aromatic N) is 1. The predicted octanol–water partition coefficient (Wildman–Crippen LogP) is 3.83. The Morgan fingerprint density at radius 2 is 1.71 bits per heavy atom. The molecule has 1 N–H and O–H groups in total. The fourth-order valence-electron chi connectivity index (χ4n) is 2.04. The number of ether oxygens (including phenoxy) is 1. The summed E-state index contributed by atoms with van der Waals surface area (Å²) in [6, 6.07) is 13.3. The molecule has 0 heterocycles. The van der Waals surface area contributed by atoms with E-state index in [4.69, 9.17) is 16.3 Å². The van der Waals surface area contributed by atoms with E-state index in [0.717, 1.165) is 5.56 Å². The molecular formula is C17H19ClN2O3S. The maximum absolute atomic E-state index is 12.3. The van der Waals surface area contributed by atoms with Gasteiger partial charge in [0.15, 0.2) is 0 Å². The number of hydrazone groups is 1. The van der Waals surface area contributed by atoms with Crippen LogP contribution in [0.5, 0.6) is 5.75 Å². The third kappa shape index (κ3) is 4.72. The van der Waals surface area contributed by atoms with Gasteiger partial charge in [0.05, 0.1) is 17.2 Å². The first-order valence-corrected chi connectivity index (χ1v) is 9.39. The van der Waals surface area contributed by atoms with Crippen LogP contribution < -0.4 is 9.57 Å². The Morgan fingerprint density at radius 1 is 1.08 bits per heavy atom. The Labute approximate surface area is 147 Å². The first kappa shape index (κ1) is 18.3. The minimum atomic E-state index is -3.73. The number of sulfonamides is 1. The van der Waals surface area contributed by atoms with Crippen LogP contribution >= 0.6 is 11.6 Å². The minimum absolute atomic E-state index is 0.126. The first-order chi connectivity index (χ1) is 11.5. The highest BCUT2D eigenvalue weighted by molar-refractivity contribution is 7.89. The molecule has 0 saturated heterocycles. The molecule has 0 aliphatic heterocycles. The lowest BCUT2D eigenvalue weighted by Crippen LogP contribution is -2.20. The molecule has 0 aromatic heterocycles. The van der Waals surface area contributed by atoms with Crippen LogP contribution in [-0.2, 0) is 10.0 Å². The molecule has 24 heavy (non-hydrogen) atoms. The Morgan fingerprint density at radius 3 is 2.25 bits per heavy atom. The van der Waals surface area contributed by atoms with Gasteiger partial charge in [0.2, 0.25) is 0 Å². The van der Waals surface area contributed by atoms with Crippen molar-refractivity contribution in [1.29, 1.82) is 0 Å². The van der Waals surface area contributed by atoms with E-state index in [1.165, 1.54) is 12.1 Å². The second-order valence-corrected chi connectivity index (χ2v) is 7.02. The van der Waals surface area contributed by atoms with Crippen LogP contribution in [0.1, 0.15) is 25.8 Å². The monoisotopic (exact) mass is 366 g/mol. The van der Waals surface area contributed by atoms with Gasteiger partial charge in [0.1, 0.15) is 5.75 Å². The standard InChI is InChI=1S/C17H19ClN2O3S/c1-3-17(13-5-7-14(18)8-6-13)19-20-24(21,22)16-11-9-15(10-12-16)23-4-2/h5-12,20H,3-4H2,1-2H3/b19-17+. The molecule has 0 bridgehead atoms. The van der Waals surface area contributed by atoms with Gasteiger partial charge in [-0.15, -0.1) is 0 Å². The first-order valence-electron chi connectivity index (χ1n) is 7.53. The van der Waals surface area contributed by atoms with Gasteiger partial charge in [-0.25, -0.2) is 0 Å². The second-order valence-electron chi connectivity index (χ2n) is 4.92. The van der Waals surface area contributed by atoms with Gasteiger partial charge in [0.25, 0.3) is 10.0 Å². The van der Waals surface area contributed by atoms with E-state index in [-0.39, 0.29) is 4.90 Å². The summed E-state index contributed by atoms with van der Waals surface area (Å²) in [6.45, 7) is 4.29. The number of hydrogen-bond acceptors (Lipinski definition) is 4. The average molecular weight is 367 g/mol. The van der Waals surface area contributed by atoms with Crippen molar-refractivity contribution in [2.45, 2.75) is 25.2 Å². The normalized spacial score (nSPS) is 12.0. The minimum Gasteiger partial charge on any atom is -0.494 e. The van der Waals surface area contributed by atoms with Crippen molar-refractivity contribution in [1.82, 2.24) is 4.83 Å². The number of hydrogen-bond donors (Lipinski definition) is 1. The van der Waals surface area contributed by atoms with Crippen molar-refractivity contribution in [3.05, 3.63) is 59.1 Å². The van der Waals surface area contributed by atoms with Gasteiger partial charge in [-0.2, -0.15) is 18.4 Å². The summed E-state index contributed by atoms with van der Waals surface area (Å²) in [4.78, 5) is 2.40. The average Bonchev–Trinajstić information content (AvgIpc) is 2.58. The van der Waals surface area contributed by atoms with Crippen LogP contribution in [0.2, 0.25) is 5.02 Å². The number of nitrogens with one attached hydrogen (secondary N) is 1. The molecule has 0 fully saturated rings. The van der Waals surface area contributed by atoms with Gasteiger partial charge >= 0.3 is 0 Å². The molecule has 128 valence electrons. The van der Waals surface area contributed by atoms with Gasteiger partial charge in [0, 0.05) is 5.02 Å². The Balaban J connectivity index is 2.19. The van der Waals surface area contributed by atoms with Crippen molar-refractivity contribution < 1.29 is 13.2 Å². The van der Waals surface area contributed by atoms with E-state index in [1.807, 2.05) is 13.8 Å². The molecule has 0 amide bonds. The van der Waals surface area contributed by atoms with Gasteiger partial charge in [-0.1, -0.05) is 30.7 Å². The summed E-state index contributed by atoms with van der Waals surface area (Å²) in [5, 5.41) is 4.67. The summed E-state index contributed by atoms with van der Waals surface area (Å²) in [7, 11) is -3.73. The SMILES string of the molecule is CCOc1ccc(S(=O)(=O)N/N=C(\CC)c2ccc(Cl)cc2)cc1. The van der Waals surface area contributed by atoms with Crippen molar-refractivity contribution >= 4 is 27.3 Å². The Kier molecular flexibility index (Phi) is 6.23.